The fourth-order valence-corrected chi connectivity index (χ4v) is 4.01. The molecule has 0 bridgehead atoms. The second-order valence-corrected chi connectivity index (χ2v) is 6.69. The Morgan fingerprint density at radius 3 is 2.11 bits per heavy atom. The Morgan fingerprint density at radius 2 is 1.44 bits per heavy atom. The SMILES string of the molecule is COc1ccc(C2NNC3C(=O)NC(c4ccc(OC)cc4OC)C32)cc1. The summed E-state index contributed by atoms with van der Waals surface area (Å²) in [6, 6.07) is 13.0. The number of amides is 1. The minimum Gasteiger partial charge on any atom is -0.497 e. The molecule has 4 atom stereocenters. The number of methoxy groups -OCH3 is 3. The van der Waals surface area contributed by atoms with Crippen LogP contribution in [0.5, 0.6) is 17.2 Å². The standard InChI is InChI=1S/C20H23N3O4/c1-25-12-6-4-11(5-7-12)17-16-18(21-20(24)19(16)23-22-17)14-9-8-13(26-2)10-15(14)27-3/h4-10,16-19,22-23H,1-3H3,(H,21,24). The van der Waals surface area contributed by atoms with E-state index in [0.717, 1.165) is 16.9 Å². The fourth-order valence-electron chi connectivity index (χ4n) is 4.01. The average Bonchev–Trinajstić information content (AvgIpc) is 3.29. The first-order chi connectivity index (χ1) is 13.2. The van der Waals surface area contributed by atoms with Crippen LogP contribution in [0.15, 0.2) is 42.5 Å². The topological polar surface area (TPSA) is 80.9 Å². The molecule has 0 saturated carbocycles. The Morgan fingerprint density at radius 1 is 0.778 bits per heavy atom. The van der Waals surface area contributed by atoms with Crippen LogP contribution < -0.4 is 30.4 Å². The summed E-state index contributed by atoms with van der Waals surface area (Å²) in [4.78, 5) is 12.5. The van der Waals surface area contributed by atoms with Crippen molar-refractivity contribution >= 4 is 5.91 Å². The molecule has 0 aliphatic carbocycles. The van der Waals surface area contributed by atoms with E-state index in [-0.39, 0.29) is 30.0 Å². The van der Waals surface area contributed by atoms with Gasteiger partial charge in [0.1, 0.15) is 23.3 Å². The van der Waals surface area contributed by atoms with Gasteiger partial charge in [-0.3, -0.25) is 4.79 Å². The van der Waals surface area contributed by atoms with Crippen molar-refractivity contribution in [3.63, 3.8) is 0 Å². The highest BCUT2D eigenvalue weighted by atomic mass is 16.5. The number of hydrogen-bond acceptors (Lipinski definition) is 6. The van der Waals surface area contributed by atoms with Gasteiger partial charge in [-0.15, -0.1) is 0 Å². The highest BCUT2D eigenvalue weighted by molar-refractivity contribution is 5.86. The zero-order valence-corrected chi connectivity index (χ0v) is 15.5. The van der Waals surface area contributed by atoms with Crippen molar-refractivity contribution in [3.05, 3.63) is 53.6 Å². The highest BCUT2D eigenvalue weighted by Crippen LogP contribution is 2.45. The average molecular weight is 369 g/mol. The third-order valence-corrected chi connectivity index (χ3v) is 5.38. The molecule has 7 nitrogen and oxygen atoms in total. The molecule has 142 valence electrons. The van der Waals surface area contributed by atoms with Gasteiger partial charge in [0, 0.05) is 17.5 Å². The van der Waals surface area contributed by atoms with Crippen molar-refractivity contribution in [2.75, 3.05) is 21.3 Å². The highest BCUT2D eigenvalue weighted by Gasteiger charge is 2.52. The molecule has 2 aliphatic heterocycles. The first-order valence-corrected chi connectivity index (χ1v) is 8.83. The molecule has 4 unspecified atom stereocenters. The Bertz CT molecular complexity index is 840. The van der Waals surface area contributed by atoms with Crippen LogP contribution in [0.1, 0.15) is 23.2 Å². The maximum absolute atomic E-state index is 12.5. The van der Waals surface area contributed by atoms with E-state index < -0.39 is 0 Å². The lowest BCUT2D eigenvalue weighted by Crippen LogP contribution is -2.39. The lowest BCUT2D eigenvalue weighted by Gasteiger charge is -2.25. The number of carbonyl (C=O) groups is 1. The number of hydrazine groups is 1. The van der Waals surface area contributed by atoms with Gasteiger partial charge in [-0.1, -0.05) is 12.1 Å². The molecule has 2 aromatic rings. The van der Waals surface area contributed by atoms with Gasteiger partial charge in [0.25, 0.3) is 0 Å². The van der Waals surface area contributed by atoms with E-state index in [4.69, 9.17) is 14.2 Å². The van der Waals surface area contributed by atoms with Gasteiger partial charge in [-0.2, -0.15) is 0 Å². The maximum Gasteiger partial charge on any atom is 0.239 e. The summed E-state index contributed by atoms with van der Waals surface area (Å²) in [7, 11) is 4.89. The lowest BCUT2D eigenvalue weighted by molar-refractivity contribution is -0.121. The van der Waals surface area contributed by atoms with Crippen molar-refractivity contribution in [3.8, 4) is 17.2 Å². The van der Waals surface area contributed by atoms with Crippen molar-refractivity contribution in [1.29, 1.82) is 0 Å². The van der Waals surface area contributed by atoms with Gasteiger partial charge in [-0.25, -0.2) is 10.9 Å². The lowest BCUT2D eigenvalue weighted by atomic mass is 9.83. The van der Waals surface area contributed by atoms with Gasteiger partial charge < -0.3 is 19.5 Å². The van der Waals surface area contributed by atoms with Crippen molar-refractivity contribution in [2.45, 2.75) is 18.1 Å². The third kappa shape index (κ3) is 2.98. The number of ether oxygens (including phenoxy) is 3. The predicted octanol–water partition coefficient (Wildman–Crippen LogP) is 1.72. The van der Waals surface area contributed by atoms with Crippen molar-refractivity contribution in [2.24, 2.45) is 5.92 Å². The van der Waals surface area contributed by atoms with E-state index in [1.165, 1.54) is 0 Å². The van der Waals surface area contributed by atoms with Gasteiger partial charge in [-0.05, 0) is 29.8 Å². The molecule has 2 aromatic carbocycles. The Hall–Kier alpha value is -2.77. The monoisotopic (exact) mass is 369 g/mol. The fraction of sp³-hybridized carbons (Fsp3) is 0.350. The van der Waals surface area contributed by atoms with Gasteiger partial charge in [0.2, 0.25) is 5.91 Å². The zero-order valence-electron chi connectivity index (χ0n) is 15.5. The molecule has 3 N–H and O–H groups in total. The van der Waals surface area contributed by atoms with Gasteiger partial charge in [0.05, 0.1) is 33.4 Å². The molecule has 2 aliphatic rings. The summed E-state index contributed by atoms with van der Waals surface area (Å²) in [5.74, 6) is 2.18. The Kier molecular flexibility index (Phi) is 4.63. The number of hydrogen-bond donors (Lipinski definition) is 3. The van der Waals surface area contributed by atoms with E-state index >= 15 is 0 Å². The molecule has 27 heavy (non-hydrogen) atoms. The summed E-state index contributed by atoms with van der Waals surface area (Å²) >= 11 is 0. The molecule has 1 amide bonds. The number of nitrogens with one attached hydrogen (secondary N) is 3. The van der Waals surface area contributed by atoms with Crippen molar-refractivity contribution < 1.29 is 19.0 Å². The number of benzene rings is 2. The second-order valence-electron chi connectivity index (χ2n) is 6.69. The number of rotatable bonds is 5. The molecule has 0 spiro atoms. The normalized spacial score (nSPS) is 26.4. The molecule has 2 heterocycles. The zero-order chi connectivity index (χ0) is 19.0. The molecular weight excluding hydrogens is 346 g/mol. The smallest absolute Gasteiger partial charge is 0.239 e. The molecule has 0 radical (unpaired) electrons. The molecule has 2 saturated heterocycles. The Labute approximate surface area is 158 Å². The number of fused-ring (bicyclic) bond motifs is 1. The van der Waals surface area contributed by atoms with Crippen LogP contribution in [-0.4, -0.2) is 33.3 Å². The molecule has 7 heteroatoms. The van der Waals surface area contributed by atoms with E-state index in [9.17, 15) is 4.79 Å². The maximum atomic E-state index is 12.5. The summed E-state index contributed by atoms with van der Waals surface area (Å²) < 4.78 is 16.1. The summed E-state index contributed by atoms with van der Waals surface area (Å²) in [5.41, 5.74) is 8.45. The molecule has 0 aromatic heterocycles. The predicted molar refractivity (Wildman–Crippen MR) is 99.7 cm³/mol. The van der Waals surface area contributed by atoms with Crippen LogP contribution in [0.25, 0.3) is 0 Å². The second kappa shape index (κ2) is 7.09. The van der Waals surface area contributed by atoms with Crippen LogP contribution in [0.4, 0.5) is 0 Å². The van der Waals surface area contributed by atoms with Crippen LogP contribution in [-0.2, 0) is 4.79 Å². The minimum absolute atomic E-state index is 0.00631. The van der Waals surface area contributed by atoms with E-state index in [2.05, 4.69) is 16.2 Å². The third-order valence-electron chi connectivity index (χ3n) is 5.38. The summed E-state index contributed by atoms with van der Waals surface area (Å²) in [5, 5.41) is 3.12. The quantitative estimate of drug-likeness (QED) is 0.745. The van der Waals surface area contributed by atoms with Crippen LogP contribution in [0, 0.1) is 5.92 Å². The van der Waals surface area contributed by atoms with Gasteiger partial charge >= 0.3 is 0 Å². The van der Waals surface area contributed by atoms with E-state index in [1.54, 1.807) is 21.3 Å². The van der Waals surface area contributed by atoms with Gasteiger partial charge in [0.15, 0.2) is 0 Å². The van der Waals surface area contributed by atoms with E-state index in [0.29, 0.717) is 11.5 Å². The first kappa shape index (κ1) is 17.6. The molecule has 4 rings (SSSR count). The largest absolute Gasteiger partial charge is 0.497 e. The van der Waals surface area contributed by atoms with Crippen LogP contribution in [0.2, 0.25) is 0 Å². The van der Waals surface area contributed by atoms with Crippen LogP contribution in [0.3, 0.4) is 0 Å². The van der Waals surface area contributed by atoms with Crippen molar-refractivity contribution in [1.82, 2.24) is 16.2 Å². The first-order valence-electron chi connectivity index (χ1n) is 8.83. The van der Waals surface area contributed by atoms with E-state index in [1.807, 2.05) is 42.5 Å². The summed E-state index contributed by atoms with van der Waals surface area (Å²) in [6.45, 7) is 0. The molecule has 2 fully saturated rings. The molecular formula is C20H23N3O4. The number of carbonyl (C=O) groups excluding carboxylic acids is 1. The van der Waals surface area contributed by atoms with Crippen LogP contribution >= 0.6 is 0 Å². The minimum atomic E-state index is -0.311. The Balaban J connectivity index is 1.70. The summed E-state index contributed by atoms with van der Waals surface area (Å²) in [6.07, 6.45) is 0.